The van der Waals surface area contributed by atoms with Gasteiger partial charge in [0.2, 0.25) is 12.7 Å². The zero-order valence-electron chi connectivity index (χ0n) is 15.5. The van der Waals surface area contributed by atoms with Crippen LogP contribution in [0.2, 0.25) is 0 Å². The average Bonchev–Trinajstić information content (AvgIpc) is 3.12. The molecule has 0 bridgehead atoms. The summed E-state index contributed by atoms with van der Waals surface area (Å²) in [7, 11) is 0. The molecule has 2 heterocycles. The maximum Gasteiger partial charge on any atom is 0.254 e. The van der Waals surface area contributed by atoms with Crippen molar-refractivity contribution in [3.8, 4) is 11.5 Å². The molecule has 0 radical (unpaired) electrons. The van der Waals surface area contributed by atoms with Gasteiger partial charge in [-0.2, -0.15) is 0 Å². The second-order valence-electron chi connectivity index (χ2n) is 6.15. The third-order valence-corrected chi connectivity index (χ3v) is 5.06. The van der Waals surface area contributed by atoms with Gasteiger partial charge in [-0.1, -0.05) is 38.1 Å². The number of nitrogens with zero attached hydrogens (tertiary/aromatic N) is 1. The summed E-state index contributed by atoms with van der Waals surface area (Å²) in [5.74, 6) is 1.47. The van der Waals surface area contributed by atoms with Gasteiger partial charge in [0.25, 0.3) is 5.56 Å². The highest BCUT2D eigenvalue weighted by Gasteiger charge is 2.14. The Morgan fingerprint density at radius 2 is 2.11 bits per heavy atom. The van der Waals surface area contributed by atoms with Gasteiger partial charge in [0.15, 0.2) is 16.7 Å². The summed E-state index contributed by atoms with van der Waals surface area (Å²) in [5, 5.41) is 3.35. The molecule has 2 aromatic rings. The van der Waals surface area contributed by atoms with Gasteiger partial charge in [0, 0.05) is 12.1 Å². The lowest BCUT2D eigenvalue weighted by atomic mass is 10.1. The van der Waals surface area contributed by atoms with Crippen LogP contribution in [-0.4, -0.2) is 28.4 Å². The van der Waals surface area contributed by atoms with Crippen molar-refractivity contribution in [2.24, 2.45) is 0 Å². The smallest absolute Gasteiger partial charge is 0.254 e. The van der Waals surface area contributed by atoms with E-state index in [0.717, 1.165) is 29.7 Å². The number of carbonyl (C=O) groups excluding carboxylic acids is 1. The van der Waals surface area contributed by atoms with Gasteiger partial charge in [0.05, 0.1) is 11.4 Å². The average molecular weight is 389 g/mol. The molecule has 0 fully saturated rings. The molecule has 144 valence electrons. The number of amides is 1. The molecule has 2 N–H and O–H groups in total. The molecule has 1 amide bonds. The molecule has 0 aliphatic carbocycles. The van der Waals surface area contributed by atoms with Gasteiger partial charge in [-0.3, -0.25) is 9.59 Å². The van der Waals surface area contributed by atoms with Crippen molar-refractivity contribution in [1.82, 2.24) is 15.3 Å². The van der Waals surface area contributed by atoms with E-state index in [1.54, 1.807) is 0 Å². The number of aryl methyl sites for hydroxylation is 1. The first-order chi connectivity index (χ1) is 13.1. The first-order valence-electron chi connectivity index (χ1n) is 9.00. The third kappa shape index (κ3) is 4.82. The van der Waals surface area contributed by atoms with Crippen LogP contribution in [0.4, 0.5) is 0 Å². The Kier molecular flexibility index (Phi) is 6.39. The molecule has 8 heteroatoms. The number of aromatic amines is 1. The molecule has 7 nitrogen and oxygen atoms in total. The van der Waals surface area contributed by atoms with E-state index in [0.29, 0.717) is 29.6 Å². The van der Waals surface area contributed by atoms with Crippen LogP contribution in [0.5, 0.6) is 11.5 Å². The molecule has 1 aliphatic rings. The highest BCUT2D eigenvalue weighted by Crippen LogP contribution is 2.32. The lowest BCUT2D eigenvalue weighted by Crippen LogP contribution is -2.25. The van der Waals surface area contributed by atoms with Crippen LogP contribution in [0.1, 0.15) is 37.1 Å². The molecule has 1 aliphatic heterocycles. The number of nitrogens with one attached hydrogen (secondary N) is 2. The van der Waals surface area contributed by atoms with Gasteiger partial charge >= 0.3 is 0 Å². The van der Waals surface area contributed by atoms with Crippen molar-refractivity contribution < 1.29 is 14.3 Å². The minimum absolute atomic E-state index is 0.112. The monoisotopic (exact) mass is 389 g/mol. The fourth-order valence-electron chi connectivity index (χ4n) is 2.83. The molecule has 0 spiro atoms. The predicted octanol–water partition coefficient (Wildman–Crippen LogP) is 2.42. The summed E-state index contributed by atoms with van der Waals surface area (Å²) < 4.78 is 10.6. The second-order valence-corrected chi connectivity index (χ2v) is 7.12. The standard InChI is InChI=1S/C19H23N3O4S/c1-3-5-14-13(4-2)18(24)22-19(21-14)27-10-17(23)20-9-12-6-7-15-16(8-12)26-11-25-15/h6-8H,3-5,9-11H2,1-2H3,(H,20,23)(H,21,22,24). The highest BCUT2D eigenvalue weighted by atomic mass is 32.2. The van der Waals surface area contributed by atoms with Crippen LogP contribution in [0.3, 0.4) is 0 Å². The minimum Gasteiger partial charge on any atom is -0.454 e. The largest absolute Gasteiger partial charge is 0.454 e. The Morgan fingerprint density at radius 1 is 1.30 bits per heavy atom. The summed E-state index contributed by atoms with van der Waals surface area (Å²) in [6.07, 6.45) is 2.33. The topological polar surface area (TPSA) is 93.3 Å². The van der Waals surface area contributed by atoms with Crippen LogP contribution < -0.4 is 20.3 Å². The molecular weight excluding hydrogens is 366 g/mol. The molecule has 27 heavy (non-hydrogen) atoms. The lowest BCUT2D eigenvalue weighted by Gasteiger charge is -2.09. The first-order valence-corrected chi connectivity index (χ1v) is 9.99. The van der Waals surface area contributed by atoms with Gasteiger partial charge in [-0.25, -0.2) is 4.98 Å². The van der Waals surface area contributed by atoms with E-state index in [1.807, 2.05) is 25.1 Å². The normalized spacial score (nSPS) is 12.2. The number of carbonyl (C=O) groups is 1. The fraction of sp³-hybridized carbons (Fsp3) is 0.421. The van der Waals surface area contributed by atoms with E-state index >= 15 is 0 Å². The van der Waals surface area contributed by atoms with Crippen molar-refractivity contribution in [2.45, 2.75) is 44.8 Å². The molecular formula is C19H23N3O4S. The van der Waals surface area contributed by atoms with E-state index in [1.165, 1.54) is 11.8 Å². The number of aromatic nitrogens is 2. The molecule has 0 unspecified atom stereocenters. The Hall–Kier alpha value is -2.48. The van der Waals surface area contributed by atoms with Crippen LogP contribution in [0, 0.1) is 0 Å². The number of hydrogen-bond donors (Lipinski definition) is 2. The van der Waals surface area contributed by atoms with Crippen molar-refractivity contribution in [3.63, 3.8) is 0 Å². The fourth-order valence-corrected chi connectivity index (χ4v) is 3.54. The summed E-state index contributed by atoms with van der Waals surface area (Å²) in [6, 6.07) is 5.58. The van der Waals surface area contributed by atoms with E-state index in [2.05, 4.69) is 22.2 Å². The van der Waals surface area contributed by atoms with E-state index in [4.69, 9.17) is 9.47 Å². The predicted molar refractivity (Wildman–Crippen MR) is 103 cm³/mol. The molecule has 1 aromatic heterocycles. The molecule has 3 rings (SSSR count). The molecule has 1 aromatic carbocycles. The zero-order valence-corrected chi connectivity index (χ0v) is 16.3. The third-order valence-electron chi connectivity index (χ3n) is 4.19. The van der Waals surface area contributed by atoms with Gasteiger partial charge in [0.1, 0.15) is 0 Å². The number of H-pyrrole nitrogens is 1. The summed E-state index contributed by atoms with van der Waals surface area (Å²) in [5.41, 5.74) is 2.38. The molecule has 0 atom stereocenters. The quantitative estimate of drug-likeness (QED) is 0.532. The lowest BCUT2D eigenvalue weighted by molar-refractivity contribution is -0.118. The van der Waals surface area contributed by atoms with Crippen molar-refractivity contribution in [3.05, 3.63) is 45.4 Å². The number of benzene rings is 1. The van der Waals surface area contributed by atoms with Gasteiger partial charge < -0.3 is 19.8 Å². The van der Waals surface area contributed by atoms with E-state index in [9.17, 15) is 9.59 Å². The number of hydrogen-bond acceptors (Lipinski definition) is 6. The Balaban J connectivity index is 1.55. The molecule has 0 saturated heterocycles. The van der Waals surface area contributed by atoms with Gasteiger partial charge in [-0.15, -0.1) is 0 Å². The zero-order chi connectivity index (χ0) is 19.2. The van der Waals surface area contributed by atoms with Crippen molar-refractivity contribution in [2.75, 3.05) is 12.5 Å². The SMILES string of the molecule is CCCc1nc(SCC(=O)NCc2ccc3c(c2)OCO3)[nH]c(=O)c1CC. The first kappa shape index (κ1) is 19.3. The Morgan fingerprint density at radius 3 is 2.89 bits per heavy atom. The van der Waals surface area contributed by atoms with Crippen molar-refractivity contribution >= 4 is 17.7 Å². The number of fused-ring (bicyclic) bond motifs is 1. The van der Waals surface area contributed by atoms with Gasteiger partial charge in [-0.05, 0) is 30.5 Å². The number of thioether (sulfide) groups is 1. The minimum atomic E-state index is -0.128. The summed E-state index contributed by atoms with van der Waals surface area (Å²) >= 11 is 1.23. The summed E-state index contributed by atoms with van der Waals surface area (Å²) in [4.78, 5) is 31.6. The highest BCUT2D eigenvalue weighted by molar-refractivity contribution is 7.99. The van der Waals surface area contributed by atoms with Crippen LogP contribution in [-0.2, 0) is 24.2 Å². The van der Waals surface area contributed by atoms with Crippen LogP contribution in [0.15, 0.2) is 28.2 Å². The summed E-state index contributed by atoms with van der Waals surface area (Å²) in [6.45, 7) is 4.63. The Labute approximate surface area is 161 Å². The second kappa shape index (κ2) is 8.94. The van der Waals surface area contributed by atoms with Crippen LogP contribution in [0.25, 0.3) is 0 Å². The number of ether oxygens (including phenoxy) is 2. The molecule has 0 saturated carbocycles. The maximum absolute atomic E-state index is 12.2. The Bertz CT molecular complexity index is 882. The number of rotatable bonds is 8. The van der Waals surface area contributed by atoms with E-state index < -0.39 is 0 Å². The maximum atomic E-state index is 12.2. The van der Waals surface area contributed by atoms with E-state index in [-0.39, 0.29) is 24.0 Å². The van der Waals surface area contributed by atoms with Crippen LogP contribution >= 0.6 is 11.8 Å². The van der Waals surface area contributed by atoms with Crippen molar-refractivity contribution in [1.29, 1.82) is 0 Å².